The number of hydrogen-bond acceptors (Lipinski definition) is 3. The van der Waals surface area contributed by atoms with Crippen molar-refractivity contribution in [3.8, 4) is 0 Å². The Labute approximate surface area is 110 Å². The Bertz CT molecular complexity index is 510. The van der Waals surface area contributed by atoms with E-state index in [-0.39, 0.29) is 30.1 Å². The minimum absolute atomic E-state index is 0.0962. The van der Waals surface area contributed by atoms with E-state index in [1.807, 2.05) is 0 Å². The maximum Gasteiger partial charge on any atom is 0.229 e. The van der Waals surface area contributed by atoms with E-state index in [0.717, 1.165) is 0 Å². The summed E-state index contributed by atoms with van der Waals surface area (Å²) < 4.78 is 0. The van der Waals surface area contributed by atoms with Gasteiger partial charge in [0.15, 0.2) is 0 Å². The molecule has 1 aliphatic rings. The van der Waals surface area contributed by atoms with Crippen LogP contribution in [0.25, 0.3) is 0 Å². The number of carbonyl (C=O) groups is 3. The third-order valence-corrected chi connectivity index (χ3v) is 2.82. The topological polar surface area (TPSA) is 87.3 Å². The van der Waals surface area contributed by atoms with Crippen molar-refractivity contribution in [2.75, 3.05) is 17.2 Å². The summed E-state index contributed by atoms with van der Waals surface area (Å²) in [6.45, 7) is 1.81. The Morgan fingerprint density at radius 3 is 2.21 bits per heavy atom. The molecule has 1 aromatic carbocycles. The highest BCUT2D eigenvalue weighted by molar-refractivity contribution is 5.97. The van der Waals surface area contributed by atoms with Crippen LogP contribution in [0.3, 0.4) is 0 Å². The van der Waals surface area contributed by atoms with E-state index < -0.39 is 0 Å². The lowest BCUT2D eigenvalue weighted by Crippen LogP contribution is -2.24. The average Bonchev–Trinajstić information content (AvgIpc) is 2.78. The number of rotatable bonds is 3. The van der Waals surface area contributed by atoms with Gasteiger partial charge in [-0.1, -0.05) is 0 Å². The van der Waals surface area contributed by atoms with Gasteiger partial charge in [-0.05, 0) is 24.3 Å². The van der Waals surface area contributed by atoms with Gasteiger partial charge in [0.05, 0.1) is 5.92 Å². The maximum absolute atomic E-state index is 11.8. The molecule has 0 saturated carbocycles. The molecule has 6 nitrogen and oxygen atoms in total. The van der Waals surface area contributed by atoms with Crippen LogP contribution in [0.2, 0.25) is 0 Å². The number of nitrogens with one attached hydrogen (secondary N) is 3. The Balaban J connectivity index is 1.94. The molecule has 0 radical (unpaired) electrons. The summed E-state index contributed by atoms with van der Waals surface area (Å²) in [6.07, 6.45) is 0.232. The smallest absolute Gasteiger partial charge is 0.229 e. The number of carbonyl (C=O) groups excluding carboxylic acids is 3. The lowest BCUT2D eigenvalue weighted by atomic mass is 10.1. The van der Waals surface area contributed by atoms with E-state index in [2.05, 4.69) is 16.0 Å². The fourth-order valence-electron chi connectivity index (χ4n) is 1.88. The minimum Gasteiger partial charge on any atom is -0.355 e. The van der Waals surface area contributed by atoms with E-state index in [0.29, 0.717) is 17.9 Å². The molecule has 3 amide bonds. The van der Waals surface area contributed by atoms with E-state index in [1.165, 1.54) is 6.92 Å². The summed E-state index contributed by atoms with van der Waals surface area (Å²) in [7, 11) is 0. The Kier molecular flexibility index (Phi) is 3.79. The number of anilines is 2. The second-order valence-corrected chi connectivity index (χ2v) is 4.45. The van der Waals surface area contributed by atoms with E-state index in [1.54, 1.807) is 24.3 Å². The fourth-order valence-corrected chi connectivity index (χ4v) is 1.88. The van der Waals surface area contributed by atoms with Gasteiger partial charge < -0.3 is 16.0 Å². The molecule has 1 aromatic rings. The molecule has 0 aromatic heterocycles. The van der Waals surface area contributed by atoms with Gasteiger partial charge in [0, 0.05) is 31.3 Å². The Hall–Kier alpha value is -2.37. The Morgan fingerprint density at radius 1 is 1.16 bits per heavy atom. The average molecular weight is 261 g/mol. The number of benzene rings is 1. The third-order valence-electron chi connectivity index (χ3n) is 2.82. The van der Waals surface area contributed by atoms with Crippen molar-refractivity contribution in [2.45, 2.75) is 13.3 Å². The first-order valence-corrected chi connectivity index (χ1v) is 6.00. The standard InChI is InChI=1S/C13H15N3O3/c1-8(17)15-10-2-4-11(5-3-10)16-13(19)9-6-12(18)14-7-9/h2-5,9H,6-7H2,1H3,(H,14,18)(H,15,17)(H,16,19). The van der Waals surface area contributed by atoms with Crippen LogP contribution in [0.5, 0.6) is 0 Å². The molecule has 3 N–H and O–H groups in total. The molecule has 100 valence electrons. The molecule has 1 aliphatic heterocycles. The highest BCUT2D eigenvalue weighted by atomic mass is 16.2. The van der Waals surface area contributed by atoms with E-state index in [9.17, 15) is 14.4 Å². The second-order valence-electron chi connectivity index (χ2n) is 4.45. The van der Waals surface area contributed by atoms with Crippen molar-refractivity contribution in [3.05, 3.63) is 24.3 Å². The molecule has 2 rings (SSSR count). The van der Waals surface area contributed by atoms with Crippen molar-refractivity contribution < 1.29 is 14.4 Å². The fraction of sp³-hybridized carbons (Fsp3) is 0.308. The van der Waals surface area contributed by atoms with Gasteiger partial charge in [0.2, 0.25) is 17.7 Å². The van der Waals surface area contributed by atoms with Crippen LogP contribution in [-0.4, -0.2) is 24.3 Å². The number of hydrogen-bond donors (Lipinski definition) is 3. The highest BCUT2D eigenvalue weighted by Gasteiger charge is 2.27. The van der Waals surface area contributed by atoms with Crippen molar-refractivity contribution in [1.29, 1.82) is 0 Å². The van der Waals surface area contributed by atoms with Crippen LogP contribution in [0.4, 0.5) is 11.4 Å². The zero-order valence-corrected chi connectivity index (χ0v) is 10.5. The molecule has 19 heavy (non-hydrogen) atoms. The summed E-state index contributed by atoms with van der Waals surface area (Å²) in [6, 6.07) is 6.81. The summed E-state index contributed by atoms with van der Waals surface area (Å²) in [4.78, 5) is 33.7. The van der Waals surface area contributed by atoms with Gasteiger partial charge in [-0.15, -0.1) is 0 Å². The highest BCUT2D eigenvalue weighted by Crippen LogP contribution is 2.16. The lowest BCUT2D eigenvalue weighted by Gasteiger charge is -2.09. The Morgan fingerprint density at radius 2 is 1.74 bits per heavy atom. The second kappa shape index (κ2) is 5.51. The molecule has 0 spiro atoms. The summed E-state index contributed by atoms with van der Waals surface area (Å²) in [5, 5.41) is 8.00. The zero-order chi connectivity index (χ0) is 13.8. The largest absolute Gasteiger partial charge is 0.355 e. The first-order valence-electron chi connectivity index (χ1n) is 6.00. The van der Waals surface area contributed by atoms with Gasteiger partial charge in [0.25, 0.3) is 0 Å². The molecule has 1 saturated heterocycles. The summed E-state index contributed by atoms with van der Waals surface area (Å²) >= 11 is 0. The third kappa shape index (κ3) is 3.54. The monoisotopic (exact) mass is 261 g/mol. The van der Waals surface area contributed by atoms with Gasteiger partial charge in [0.1, 0.15) is 0 Å². The predicted octanol–water partition coefficient (Wildman–Crippen LogP) is 0.720. The zero-order valence-electron chi connectivity index (χ0n) is 10.5. The number of amides is 3. The van der Waals surface area contributed by atoms with Crippen LogP contribution >= 0.6 is 0 Å². The molecule has 0 aliphatic carbocycles. The van der Waals surface area contributed by atoms with Crippen LogP contribution in [-0.2, 0) is 14.4 Å². The van der Waals surface area contributed by atoms with Gasteiger partial charge in [-0.2, -0.15) is 0 Å². The molecular weight excluding hydrogens is 246 g/mol. The van der Waals surface area contributed by atoms with Crippen molar-refractivity contribution in [3.63, 3.8) is 0 Å². The summed E-state index contributed by atoms with van der Waals surface area (Å²) in [5.74, 6) is -0.735. The van der Waals surface area contributed by atoms with Gasteiger partial charge in [-0.3, -0.25) is 14.4 Å². The quantitative estimate of drug-likeness (QED) is 0.749. The van der Waals surface area contributed by atoms with Crippen LogP contribution < -0.4 is 16.0 Å². The lowest BCUT2D eigenvalue weighted by molar-refractivity contribution is -0.123. The maximum atomic E-state index is 11.8. The molecule has 1 heterocycles. The van der Waals surface area contributed by atoms with Crippen LogP contribution in [0.1, 0.15) is 13.3 Å². The molecule has 6 heteroatoms. The van der Waals surface area contributed by atoms with Crippen LogP contribution in [0, 0.1) is 5.92 Å². The molecule has 1 atom stereocenters. The van der Waals surface area contributed by atoms with Crippen molar-refractivity contribution in [2.24, 2.45) is 5.92 Å². The van der Waals surface area contributed by atoms with E-state index >= 15 is 0 Å². The minimum atomic E-state index is -0.317. The van der Waals surface area contributed by atoms with Crippen molar-refractivity contribution >= 4 is 29.1 Å². The molecular formula is C13H15N3O3. The normalized spacial score (nSPS) is 17.7. The SMILES string of the molecule is CC(=O)Nc1ccc(NC(=O)C2CNC(=O)C2)cc1. The van der Waals surface area contributed by atoms with Gasteiger partial charge >= 0.3 is 0 Å². The predicted molar refractivity (Wildman–Crippen MR) is 70.5 cm³/mol. The molecule has 1 fully saturated rings. The molecule has 1 unspecified atom stereocenters. The summed E-state index contributed by atoms with van der Waals surface area (Å²) in [5.41, 5.74) is 1.31. The van der Waals surface area contributed by atoms with Crippen molar-refractivity contribution in [1.82, 2.24) is 5.32 Å². The van der Waals surface area contributed by atoms with Gasteiger partial charge in [-0.25, -0.2) is 0 Å². The van der Waals surface area contributed by atoms with Crippen LogP contribution in [0.15, 0.2) is 24.3 Å². The van der Waals surface area contributed by atoms with E-state index in [4.69, 9.17) is 0 Å². The first-order chi connectivity index (χ1) is 9.04. The first kappa shape index (κ1) is 13.1. The molecule has 0 bridgehead atoms.